The van der Waals surface area contributed by atoms with E-state index in [0.717, 1.165) is 10.0 Å². The van der Waals surface area contributed by atoms with Crippen molar-refractivity contribution in [3.63, 3.8) is 0 Å². The van der Waals surface area contributed by atoms with Crippen LogP contribution in [0.2, 0.25) is 5.02 Å². The number of thioether (sulfide) groups is 1. The van der Waals surface area contributed by atoms with Gasteiger partial charge in [0.1, 0.15) is 5.75 Å². The number of carbonyl (C=O) groups excluding carboxylic acids is 1. The number of allylic oxidation sites excluding steroid dienone is 1. The second kappa shape index (κ2) is 10.7. The molecular formula is C22H14BrClINO5S. The van der Waals surface area contributed by atoms with Crippen LogP contribution in [-0.2, 0) is 5.75 Å². The molecular weight excluding hydrogens is 633 g/mol. The molecule has 0 atom stereocenters. The zero-order valence-corrected chi connectivity index (χ0v) is 21.4. The number of phenolic OH excluding ortho intramolecular Hbond substituents is 2. The average Bonchev–Trinajstić information content (AvgIpc) is 2.76. The molecule has 0 heterocycles. The van der Waals surface area contributed by atoms with Gasteiger partial charge in [-0.2, -0.15) is 0 Å². The molecule has 0 radical (unpaired) electrons. The molecule has 0 aliphatic carbocycles. The van der Waals surface area contributed by atoms with E-state index in [-0.39, 0.29) is 11.3 Å². The fourth-order valence-corrected chi connectivity index (χ4v) is 5.20. The van der Waals surface area contributed by atoms with Gasteiger partial charge in [0, 0.05) is 24.9 Å². The van der Waals surface area contributed by atoms with Crippen molar-refractivity contribution < 1.29 is 19.9 Å². The smallest absolute Gasteiger partial charge is 0.310 e. The Bertz CT molecular complexity index is 1230. The Kier molecular flexibility index (Phi) is 8.21. The number of carbonyl (C=O) groups is 1. The maximum absolute atomic E-state index is 13.4. The minimum absolute atomic E-state index is 0.0381. The number of nitrogens with zero attached hydrogens (tertiary/aromatic N) is 1. The predicted molar refractivity (Wildman–Crippen MR) is 139 cm³/mol. The standard InChI is InChI=1S/C22H14BrClINO5S/c23-14-4-1-12(2-5-14)11-32-22(21(29)16-10-15(24)6-8-18(16)27)20(25)13-3-7-17(26(30)31)19(28)9-13/h1-10,27-28H,11H2. The molecule has 0 bridgehead atoms. The van der Waals surface area contributed by atoms with Crippen molar-refractivity contribution in [1.29, 1.82) is 0 Å². The number of ketones is 1. The fourth-order valence-electron chi connectivity index (χ4n) is 2.72. The molecule has 0 spiro atoms. The molecule has 3 aromatic carbocycles. The van der Waals surface area contributed by atoms with E-state index >= 15 is 0 Å². The minimum atomic E-state index is -0.686. The van der Waals surface area contributed by atoms with E-state index in [4.69, 9.17) is 11.6 Å². The lowest BCUT2D eigenvalue weighted by Gasteiger charge is -2.12. The second-order valence-corrected chi connectivity index (χ2v) is 9.93. The largest absolute Gasteiger partial charge is 0.507 e. The predicted octanol–water partition coefficient (Wildman–Crippen LogP) is 7.34. The van der Waals surface area contributed by atoms with Gasteiger partial charge in [0.15, 0.2) is 5.75 Å². The van der Waals surface area contributed by atoms with Gasteiger partial charge < -0.3 is 10.2 Å². The normalized spacial score (nSPS) is 11.7. The Hall–Kier alpha value is -2.08. The minimum Gasteiger partial charge on any atom is -0.507 e. The summed E-state index contributed by atoms with van der Waals surface area (Å²) in [4.78, 5) is 24.0. The monoisotopic (exact) mass is 645 g/mol. The van der Waals surface area contributed by atoms with E-state index < -0.39 is 22.1 Å². The first-order valence-corrected chi connectivity index (χ1v) is 12.2. The van der Waals surface area contributed by atoms with E-state index in [0.29, 0.717) is 24.8 Å². The molecule has 3 aromatic rings. The van der Waals surface area contributed by atoms with Crippen molar-refractivity contribution in [3.8, 4) is 11.5 Å². The summed E-state index contributed by atoms with van der Waals surface area (Å²) in [6.07, 6.45) is 0. The number of Topliss-reactive ketones (excluding diaryl/α,β-unsaturated/α-hetero) is 1. The third-order valence-corrected chi connectivity index (χ3v) is 7.78. The SMILES string of the molecule is O=C(C(SCc1ccc(Br)cc1)=C(I)c1ccc([N+](=O)[O-])c(O)c1)c1cc(Cl)ccc1O. The van der Waals surface area contributed by atoms with E-state index in [1.54, 1.807) is 0 Å². The quantitative estimate of drug-likeness (QED) is 0.0916. The van der Waals surface area contributed by atoms with E-state index in [1.807, 2.05) is 46.9 Å². The number of nitro benzene ring substituents is 1. The topological polar surface area (TPSA) is 101 Å². The van der Waals surface area contributed by atoms with Crippen LogP contribution in [0.3, 0.4) is 0 Å². The average molecular weight is 647 g/mol. The Morgan fingerprint density at radius 3 is 2.38 bits per heavy atom. The molecule has 0 amide bonds. The highest BCUT2D eigenvalue weighted by molar-refractivity contribution is 14.1. The molecule has 0 unspecified atom stereocenters. The highest BCUT2D eigenvalue weighted by Gasteiger charge is 2.23. The second-order valence-electron chi connectivity index (χ2n) is 6.51. The molecule has 0 fully saturated rings. The van der Waals surface area contributed by atoms with Gasteiger partial charge in [-0.25, -0.2) is 0 Å². The molecule has 0 aliphatic rings. The highest BCUT2D eigenvalue weighted by Crippen LogP contribution is 2.40. The fraction of sp³-hybridized carbons (Fsp3) is 0.0455. The van der Waals surface area contributed by atoms with Gasteiger partial charge in [0.05, 0.1) is 15.4 Å². The van der Waals surface area contributed by atoms with Crippen LogP contribution >= 0.6 is 61.9 Å². The van der Waals surface area contributed by atoms with Crippen molar-refractivity contribution in [1.82, 2.24) is 0 Å². The lowest BCUT2D eigenvalue weighted by molar-refractivity contribution is -0.385. The van der Waals surface area contributed by atoms with Crippen molar-refractivity contribution in [2.24, 2.45) is 0 Å². The van der Waals surface area contributed by atoms with Crippen LogP contribution in [0.5, 0.6) is 11.5 Å². The van der Waals surface area contributed by atoms with Gasteiger partial charge in [-0.05, 0) is 76.2 Å². The molecule has 32 heavy (non-hydrogen) atoms. The van der Waals surface area contributed by atoms with Gasteiger partial charge in [-0.1, -0.05) is 39.7 Å². The van der Waals surface area contributed by atoms with Crippen LogP contribution in [0.1, 0.15) is 21.5 Å². The van der Waals surface area contributed by atoms with Crippen LogP contribution in [0, 0.1) is 10.1 Å². The van der Waals surface area contributed by atoms with Crippen LogP contribution in [0.4, 0.5) is 5.69 Å². The number of halogens is 3. The summed E-state index contributed by atoms with van der Waals surface area (Å²) in [5.74, 6) is -0.704. The third kappa shape index (κ3) is 5.83. The highest BCUT2D eigenvalue weighted by atomic mass is 127. The number of phenols is 2. The number of hydrogen-bond acceptors (Lipinski definition) is 6. The first-order valence-electron chi connectivity index (χ1n) is 8.95. The van der Waals surface area contributed by atoms with Gasteiger partial charge in [-0.15, -0.1) is 11.8 Å². The molecule has 0 aliphatic heterocycles. The number of rotatable bonds is 7. The zero-order chi connectivity index (χ0) is 23.4. The number of benzene rings is 3. The molecule has 6 nitrogen and oxygen atoms in total. The number of aromatic hydroxyl groups is 2. The Morgan fingerprint density at radius 2 is 1.75 bits per heavy atom. The summed E-state index contributed by atoms with van der Waals surface area (Å²) in [6, 6.07) is 15.7. The Morgan fingerprint density at radius 1 is 1.06 bits per heavy atom. The maximum Gasteiger partial charge on any atom is 0.310 e. The van der Waals surface area contributed by atoms with Gasteiger partial charge in [0.2, 0.25) is 5.78 Å². The summed E-state index contributed by atoms with van der Waals surface area (Å²) in [5.41, 5.74) is 1.01. The summed E-state index contributed by atoms with van der Waals surface area (Å²) in [5, 5.41) is 31.6. The van der Waals surface area contributed by atoms with Crippen LogP contribution in [0.25, 0.3) is 3.58 Å². The molecule has 164 valence electrons. The molecule has 0 saturated heterocycles. The van der Waals surface area contributed by atoms with Crippen LogP contribution in [-0.4, -0.2) is 20.9 Å². The van der Waals surface area contributed by atoms with Crippen LogP contribution < -0.4 is 0 Å². The summed E-state index contributed by atoms with van der Waals surface area (Å²) < 4.78 is 1.40. The molecule has 0 saturated carbocycles. The van der Waals surface area contributed by atoms with Crippen molar-refractivity contribution in [2.75, 3.05) is 0 Å². The first kappa shape index (κ1) is 24.6. The lowest BCUT2D eigenvalue weighted by Crippen LogP contribution is -2.04. The van der Waals surface area contributed by atoms with Gasteiger partial charge in [-0.3, -0.25) is 14.9 Å². The Labute approximate surface area is 214 Å². The number of hydrogen-bond donors (Lipinski definition) is 2. The first-order chi connectivity index (χ1) is 15.2. The molecule has 10 heteroatoms. The molecule has 2 N–H and O–H groups in total. The number of nitro groups is 1. The van der Waals surface area contributed by atoms with Gasteiger partial charge >= 0.3 is 5.69 Å². The van der Waals surface area contributed by atoms with Crippen LogP contribution in [0.15, 0.2) is 70.0 Å². The van der Waals surface area contributed by atoms with E-state index in [2.05, 4.69) is 15.9 Å². The zero-order valence-electron chi connectivity index (χ0n) is 16.1. The van der Waals surface area contributed by atoms with Gasteiger partial charge in [0.25, 0.3) is 0 Å². The maximum atomic E-state index is 13.4. The van der Waals surface area contributed by atoms with Crippen molar-refractivity contribution >= 4 is 76.9 Å². The third-order valence-electron chi connectivity index (χ3n) is 4.33. The van der Waals surface area contributed by atoms with E-state index in [9.17, 15) is 25.1 Å². The summed E-state index contributed by atoms with van der Waals surface area (Å²) in [7, 11) is 0. The molecule has 3 rings (SSSR count). The molecule has 0 aromatic heterocycles. The lowest BCUT2D eigenvalue weighted by atomic mass is 10.1. The van der Waals surface area contributed by atoms with Crippen molar-refractivity contribution in [3.05, 3.63) is 102 Å². The summed E-state index contributed by atoms with van der Waals surface area (Å²) >= 11 is 12.6. The van der Waals surface area contributed by atoms with Crippen molar-refractivity contribution in [2.45, 2.75) is 5.75 Å². The summed E-state index contributed by atoms with van der Waals surface area (Å²) in [6.45, 7) is 0. The Balaban J connectivity index is 2.06. The van der Waals surface area contributed by atoms with E-state index in [1.165, 1.54) is 48.2 Å².